The summed E-state index contributed by atoms with van der Waals surface area (Å²) in [6, 6.07) is 1.81. The van der Waals surface area contributed by atoms with Crippen LogP contribution in [-0.4, -0.2) is 34.8 Å². The van der Waals surface area contributed by atoms with Crippen LogP contribution < -0.4 is 5.32 Å². The minimum atomic E-state index is -0.226. The van der Waals surface area contributed by atoms with E-state index in [2.05, 4.69) is 15.3 Å². The number of hydrogen-bond acceptors (Lipinski definition) is 6. The van der Waals surface area contributed by atoms with Gasteiger partial charge in [0.25, 0.3) is 0 Å². The van der Waals surface area contributed by atoms with Gasteiger partial charge < -0.3 is 10.1 Å². The molecule has 1 N–H and O–H groups in total. The molecule has 1 aromatic rings. The fraction of sp³-hybridized carbons (Fsp3) is 0.500. The van der Waals surface area contributed by atoms with E-state index in [1.54, 1.807) is 6.92 Å². The van der Waals surface area contributed by atoms with Gasteiger partial charge in [0.05, 0.1) is 12.4 Å². The van der Waals surface area contributed by atoms with Crippen molar-refractivity contribution in [1.82, 2.24) is 9.97 Å². The average molecular weight is 241 g/mol. The fourth-order valence-corrected chi connectivity index (χ4v) is 1.70. The summed E-state index contributed by atoms with van der Waals surface area (Å²) in [6.45, 7) is 4.99. The number of carbonyl (C=O) groups is 1. The Morgan fingerprint density at radius 3 is 3.00 bits per heavy atom. The van der Waals surface area contributed by atoms with Crippen LogP contribution in [0.2, 0.25) is 0 Å². The maximum absolute atomic E-state index is 11.1. The molecule has 0 bridgehead atoms. The van der Waals surface area contributed by atoms with Crippen molar-refractivity contribution in [3.63, 3.8) is 0 Å². The molecule has 0 saturated carbocycles. The molecule has 6 heteroatoms. The normalized spacial score (nSPS) is 9.88. The van der Waals surface area contributed by atoms with Gasteiger partial charge in [-0.05, 0) is 13.8 Å². The number of hydrogen-bond donors (Lipinski definition) is 1. The number of carbonyl (C=O) groups excluding carboxylic acids is 1. The number of esters is 1. The Bertz CT molecular complexity index is 347. The minimum Gasteiger partial charge on any atom is -0.465 e. The average Bonchev–Trinajstić information content (AvgIpc) is 2.28. The van der Waals surface area contributed by atoms with Crippen molar-refractivity contribution in [3.05, 3.63) is 12.4 Å². The van der Waals surface area contributed by atoms with E-state index in [0.29, 0.717) is 6.61 Å². The van der Waals surface area contributed by atoms with Crippen molar-refractivity contribution < 1.29 is 9.53 Å². The Hall–Kier alpha value is -1.30. The summed E-state index contributed by atoms with van der Waals surface area (Å²) in [5.41, 5.74) is 0. The van der Waals surface area contributed by atoms with Gasteiger partial charge in [-0.2, -0.15) is 0 Å². The summed E-state index contributed by atoms with van der Waals surface area (Å²) in [4.78, 5) is 19.2. The topological polar surface area (TPSA) is 64.1 Å². The van der Waals surface area contributed by atoms with Crippen LogP contribution in [-0.2, 0) is 9.53 Å². The zero-order valence-electron chi connectivity index (χ0n) is 9.40. The quantitative estimate of drug-likeness (QED) is 0.463. The molecule has 0 fully saturated rings. The molecule has 1 heterocycles. The van der Waals surface area contributed by atoms with Crippen LogP contribution in [0.3, 0.4) is 0 Å². The first-order valence-electron chi connectivity index (χ1n) is 5.10. The van der Waals surface area contributed by atoms with E-state index in [0.717, 1.165) is 17.4 Å². The van der Waals surface area contributed by atoms with Crippen LogP contribution in [0.15, 0.2) is 17.4 Å². The molecule has 0 aliphatic heterocycles. The van der Waals surface area contributed by atoms with Crippen molar-refractivity contribution in [2.75, 3.05) is 24.2 Å². The summed E-state index contributed by atoms with van der Waals surface area (Å²) in [6.07, 6.45) is 1.48. The zero-order valence-corrected chi connectivity index (χ0v) is 10.2. The SMILES string of the molecule is CCNc1cc(SCC(=O)OCC)ncn1. The lowest BCUT2D eigenvalue weighted by Crippen LogP contribution is -2.07. The number of ether oxygens (including phenoxy) is 1. The molecule has 0 radical (unpaired) electrons. The third kappa shape index (κ3) is 4.48. The summed E-state index contributed by atoms with van der Waals surface area (Å²) >= 11 is 1.34. The molecule has 5 nitrogen and oxygen atoms in total. The summed E-state index contributed by atoms with van der Waals surface area (Å²) in [5.74, 6) is 0.816. The first kappa shape index (κ1) is 12.8. The molecular weight excluding hydrogens is 226 g/mol. The van der Waals surface area contributed by atoms with Gasteiger partial charge in [-0.1, -0.05) is 11.8 Å². The Morgan fingerprint density at radius 2 is 2.31 bits per heavy atom. The second-order valence-corrected chi connectivity index (χ2v) is 3.86. The molecular formula is C10H15N3O2S. The predicted molar refractivity (Wildman–Crippen MR) is 63.6 cm³/mol. The molecule has 0 saturated heterocycles. The molecule has 0 aromatic carbocycles. The molecule has 0 atom stereocenters. The number of nitrogens with one attached hydrogen (secondary N) is 1. The van der Waals surface area contributed by atoms with Gasteiger partial charge in [-0.25, -0.2) is 9.97 Å². The molecule has 0 spiro atoms. The number of rotatable bonds is 6. The van der Waals surface area contributed by atoms with E-state index in [1.165, 1.54) is 18.1 Å². The first-order chi connectivity index (χ1) is 7.76. The van der Waals surface area contributed by atoms with E-state index in [-0.39, 0.29) is 11.7 Å². The van der Waals surface area contributed by atoms with Crippen molar-refractivity contribution >= 4 is 23.5 Å². The second-order valence-electron chi connectivity index (χ2n) is 2.87. The van der Waals surface area contributed by atoms with Gasteiger partial charge in [-0.3, -0.25) is 4.79 Å². The van der Waals surface area contributed by atoms with Gasteiger partial charge in [0, 0.05) is 12.6 Å². The summed E-state index contributed by atoms with van der Waals surface area (Å²) < 4.78 is 4.82. The van der Waals surface area contributed by atoms with Crippen molar-refractivity contribution in [3.8, 4) is 0 Å². The zero-order chi connectivity index (χ0) is 11.8. The number of thioether (sulfide) groups is 1. The van der Waals surface area contributed by atoms with Crippen LogP contribution in [0.5, 0.6) is 0 Å². The molecule has 0 aliphatic carbocycles. The van der Waals surface area contributed by atoms with Gasteiger partial charge >= 0.3 is 5.97 Å². The molecule has 0 amide bonds. The van der Waals surface area contributed by atoms with E-state index in [4.69, 9.17) is 4.74 Å². The van der Waals surface area contributed by atoms with Gasteiger partial charge in [0.15, 0.2) is 0 Å². The van der Waals surface area contributed by atoms with Crippen molar-refractivity contribution in [2.24, 2.45) is 0 Å². The lowest BCUT2D eigenvalue weighted by Gasteiger charge is -2.04. The van der Waals surface area contributed by atoms with Crippen LogP contribution in [0.1, 0.15) is 13.8 Å². The highest BCUT2D eigenvalue weighted by atomic mass is 32.2. The van der Waals surface area contributed by atoms with Gasteiger partial charge in [0.1, 0.15) is 17.2 Å². The molecule has 88 valence electrons. The molecule has 0 unspecified atom stereocenters. The van der Waals surface area contributed by atoms with E-state index in [9.17, 15) is 4.79 Å². The van der Waals surface area contributed by atoms with E-state index < -0.39 is 0 Å². The van der Waals surface area contributed by atoms with Crippen LogP contribution in [0, 0.1) is 0 Å². The lowest BCUT2D eigenvalue weighted by atomic mass is 10.5. The van der Waals surface area contributed by atoms with Crippen molar-refractivity contribution in [2.45, 2.75) is 18.9 Å². The number of nitrogens with zero attached hydrogens (tertiary/aromatic N) is 2. The summed E-state index contributed by atoms with van der Waals surface area (Å²) in [7, 11) is 0. The highest BCUT2D eigenvalue weighted by Gasteiger charge is 2.04. The third-order valence-electron chi connectivity index (χ3n) is 1.64. The maximum atomic E-state index is 11.1. The first-order valence-corrected chi connectivity index (χ1v) is 6.09. The minimum absolute atomic E-state index is 0.226. The molecule has 1 rings (SSSR count). The standard InChI is InChI=1S/C10H15N3O2S/c1-3-11-8-5-9(13-7-12-8)16-6-10(14)15-4-2/h5,7H,3-4,6H2,1-2H3,(H,11,12,13). The Morgan fingerprint density at radius 1 is 1.50 bits per heavy atom. The number of anilines is 1. The number of aromatic nitrogens is 2. The third-order valence-corrected chi connectivity index (χ3v) is 2.54. The van der Waals surface area contributed by atoms with Crippen LogP contribution in [0.4, 0.5) is 5.82 Å². The Labute approximate surface area is 99.0 Å². The monoisotopic (exact) mass is 241 g/mol. The van der Waals surface area contributed by atoms with E-state index in [1.807, 2.05) is 13.0 Å². The lowest BCUT2D eigenvalue weighted by molar-refractivity contribution is -0.139. The highest BCUT2D eigenvalue weighted by Crippen LogP contribution is 2.17. The van der Waals surface area contributed by atoms with Crippen LogP contribution in [0.25, 0.3) is 0 Å². The van der Waals surface area contributed by atoms with Crippen molar-refractivity contribution in [1.29, 1.82) is 0 Å². The predicted octanol–water partition coefficient (Wildman–Crippen LogP) is 1.56. The molecule has 16 heavy (non-hydrogen) atoms. The molecule has 0 aliphatic rings. The largest absolute Gasteiger partial charge is 0.465 e. The maximum Gasteiger partial charge on any atom is 0.316 e. The Kier molecular flexibility index (Phi) is 5.63. The Balaban J connectivity index is 2.47. The second kappa shape index (κ2) is 7.05. The smallest absolute Gasteiger partial charge is 0.316 e. The van der Waals surface area contributed by atoms with Gasteiger partial charge in [-0.15, -0.1) is 0 Å². The molecule has 1 aromatic heterocycles. The highest BCUT2D eigenvalue weighted by molar-refractivity contribution is 7.99. The fourth-order valence-electron chi connectivity index (χ4n) is 1.03. The van der Waals surface area contributed by atoms with Crippen LogP contribution >= 0.6 is 11.8 Å². The van der Waals surface area contributed by atoms with Gasteiger partial charge in [0.2, 0.25) is 0 Å². The van der Waals surface area contributed by atoms with E-state index >= 15 is 0 Å². The summed E-state index contributed by atoms with van der Waals surface area (Å²) in [5, 5.41) is 3.84.